The quantitative estimate of drug-likeness (QED) is 0.583. The summed E-state index contributed by atoms with van der Waals surface area (Å²) in [5.74, 6) is 0.781. The molecule has 0 saturated carbocycles. The molecule has 33 heavy (non-hydrogen) atoms. The van der Waals surface area contributed by atoms with Crippen molar-refractivity contribution in [2.45, 2.75) is 38.5 Å². The number of ether oxygens (including phenoxy) is 3. The SMILES string of the molecule is CC(C)n1nccc1CN1CCOC(COc2ccc(Cl)cc2)(CC(=O)N2CCOCC2)C1. The first-order valence-electron chi connectivity index (χ1n) is 11.6. The molecule has 2 fully saturated rings. The highest BCUT2D eigenvalue weighted by atomic mass is 35.5. The number of hydrogen-bond donors (Lipinski definition) is 0. The molecule has 0 N–H and O–H groups in total. The van der Waals surface area contributed by atoms with Crippen molar-refractivity contribution in [2.24, 2.45) is 0 Å². The molecular weight excluding hydrogens is 444 g/mol. The van der Waals surface area contributed by atoms with E-state index < -0.39 is 5.60 Å². The third-order valence-corrected chi connectivity index (χ3v) is 6.36. The van der Waals surface area contributed by atoms with Crippen LogP contribution in [0.2, 0.25) is 5.02 Å². The number of aromatic nitrogens is 2. The first-order chi connectivity index (χ1) is 15.9. The van der Waals surface area contributed by atoms with E-state index in [0.717, 1.165) is 18.8 Å². The maximum atomic E-state index is 13.2. The second kappa shape index (κ2) is 10.9. The second-order valence-electron chi connectivity index (χ2n) is 9.02. The Bertz CT molecular complexity index is 913. The van der Waals surface area contributed by atoms with Gasteiger partial charge in [-0.05, 0) is 44.2 Å². The zero-order valence-corrected chi connectivity index (χ0v) is 20.2. The van der Waals surface area contributed by atoms with Crippen LogP contribution >= 0.6 is 11.6 Å². The van der Waals surface area contributed by atoms with Crippen molar-refractivity contribution >= 4 is 17.5 Å². The molecule has 0 aliphatic carbocycles. The van der Waals surface area contributed by atoms with E-state index in [0.29, 0.717) is 50.2 Å². The van der Waals surface area contributed by atoms with Crippen LogP contribution in [0.5, 0.6) is 5.75 Å². The van der Waals surface area contributed by atoms with Crippen molar-refractivity contribution in [3.63, 3.8) is 0 Å². The van der Waals surface area contributed by atoms with Crippen LogP contribution in [0.25, 0.3) is 0 Å². The number of hydrogen-bond acceptors (Lipinski definition) is 6. The van der Waals surface area contributed by atoms with Crippen molar-refractivity contribution in [1.29, 1.82) is 0 Å². The van der Waals surface area contributed by atoms with Crippen LogP contribution in [0.15, 0.2) is 36.5 Å². The molecule has 9 heteroatoms. The normalized spacial score (nSPS) is 22.0. The molecule has 2 aliphatic heterocycles. The fraction of sp³-hybridized carbons (Fsp3) is 0.583. The largest absolute Gasteiger partial charge is 0.491 e. The average molecular weight is 477 g/mol. The molecule has 1 amide bonds. The van der Waals surface area contributed by atoms with Gasteiger partial charge < -0.3 is 19.1 Å². The first kappa shape index (κ1) is 24.0. The van der Waals surface area contributed by atoms with Gasteiger partial charge in [-0.25, -0.2) is 0 Å². The summed E-state index contributed by atoms with van der Waals surface area (Å²) in [6.07, 6.45) is 2.11. The summed E-state index contributed by atoms with van der Waals surface area (Å²) in [4.78, 5) is 17.4. The Balaban J connectivity index is 1.49. The van der Waals surface area contributed by atoms with Gasteiger partial charge in [-0.2, -0.15) is 5.10 Å². The number of morpholine rings is 2. The Labute approximate surface area is 200 Å². The Hall–Kier alpha value is -2.13. The van der Waals surface area contributed by atoms with Crippen LogP contribution in [0.4, 0.5) is 0 Å². The lowest BCUT2D eigenvalue weighted by Gasteiger charge is -2.43. The number of amides is 1. The number of halogens is 1. The zero-order valence-electron chi connectivity index (χ0n) is 19.4. The Morgan fingerprint density at radius 2 is 1.91 bits per heavy atom. The Morgan fingerprint density at radius 1 is 1.15 bits per heavy atom. The molecule has 8 nitrogen and oxygen atoms in total. The monoisotopic (exact) mass is 476 g/mol. The number of rotatable bonds is 8. The summed E-state index contributed by atoms with van der Waals surface area (Å²) >= 11 is 6.01. The number of benzene rings is 1. The van der Waals surface area contributed by atoms with E-state index in [9.17, 15) is 4.79 Å². The number of nitrogens with zero attached hydrogens (tertiary/aromatic N) is 4. The van der Waals surface area contributed by atoms with Crippen molar-refractivity contribution in [3.05, 3.63) is 47.2 Å². The minimum Gasteiger partial charge on any atom is -0.491 e. The van der Waals surface area contributed by atoms with Crippen molar-refractivity contribution in [1.82, 2.24) is 19.6 Å². The molecule has 1 unspecified atom stereocenters. The Morgan fingerprint density at radius 3 is 2.64 bits per heavy atom. The smallest absolute Gasteiger partial charge is 0.225 e. The van der Waals surface area contributed by atoms with Gasteiger partial charge in [-0.1, -0.05) is 11.6 Å². The molecular formula is C24H33ClN4O4. The highest BCUT2D eigenvalue weighted by Crippen LogP contribution is 2.27. The maximum Gasteiger partial charge on any atom is 0.225 e. The van der Waals surface area contributed by atoms with Crippen LogP contribution in [0.1, 0.15) is 32.0 Å². The lowest BCUT2D eigenvalue weighted by atomic mass is 9.96. The highest BCUT2D eigenvalue weighted by Gasteiger charge is 2.41. The summed E-state index contributed by atoms with van der Waals surface area (Å²) in [5.41, 5.74) is 0.412. The van der Waals surface area contributed by atoms with Crippen LogP contribution in [-0.2, 0) is 20.8 Å². The summed E-state index contributed by atoms with van der Waals surface area (Å²) in [7, 11) is 0. The second-order valence-corrected chi connectivity index (χ2v) is 9.45. The molecule has 0 spiro atoms. The van der Waals surface area contributed by atoms with E-state index >= 15 is 0 Å². The molecule has 1 aromatic heterocycles. The summed E-state index contributed by atoms with van der Waals surface area (Å²) < 4.78 is 19.9. The van der Waals surface area contributed by atoms with Gasteiger partial charge in [0, 0.05) is 50.0 Å². The minimum absolute atomic E-state index is 0.0760. The van der Waals surface area contributed by atoms with Gasteiger partial charge in [0.15, 0.2) is 0 Å². The molecule has 180 valence electrons. The van der Waals surface area contributed by atoms with Crippen molar-refractivity contribution < 1.29 is 19.0 Å². The van der Waals surface area contributed by atoms with E-state index in [1.165, 1.54) is 0 Å². The van der Waals surface area contributed by atoms with E-state index in [-0.39, 0.29) is 25.0 Å². The van der Waals surface area contributed by atoms with E-state index in [1.807, 2.05) is 27.9 Å². The van der Waals surface area contributed by atoms with E-state index in [2.05, 4.69) is 29.9 Å². The molecule has 2 aliphatic rings. The first-order valence-corrected chi connectivity index (χ1v) is 11.9. The van der Waals surface area contributed by atoms with Crippen LogP contribution in [-0.4, -0.2) is 83.7 Å². The number of carbonyl (C=O) groups is 1. The van der Waals surface area contributed by atoms with Gasteiger partial charge in [-0.15, -0.1) is 0 Å². The standard InChI is InChI=1S/C24H33ClN4O4/c1-19(2)29-21(7-8-26-29)16-27-9-14-33-24(17-27,15-23(30)28-10-12-31-13-11-28)18-32-22-5-3-20(25)4-6-22/h3-8,19H,9-18H2,1-2H3. The number of carbonyl (C=O) groups excluding carboxylic acids is 1. The third kappa shape index (κ3) is 6.26. The Kier molecular flexibility index (Phi) is 7.90. The van der Waals surface area contributed by atoms with Gasteiger partial charge in [-0.3, -0.25) is 14.4 Å². The predicted molar refractivity (Wildman–Crippen MR) is 126 cm³/mol. The van der Waals surface area contributed by atoms with E-state index in [4.69, 9.17) is 25.8 Å². The zero-order chi connectivity index (χ0) is 23.3. The maximum absolute atomic E-state index is 13.2. The molecule has 2 aromatic rings. The average Bonchev–Trinajstić information content (AvgIpc) is 3.28. The molecule has 0 radical (unpaired) electrons. The summed E-state index contributed by atoms with van der Waals surface area (Å²) in [6.45, 7) is 9.59. The highest BCUT2D eigenvalue weighted by molar-refractivity contribution is 6.30. The molecule has 3 heterocycles. The third-order valence-electron chi connectivity index (χ3n) is 6.11. The molecule has 1 atom stereocenters. The fourth-order valence-electron chi connectivity index (χ4n) is 4.41. The minimum atomic E-state index is -0.740. The van der Waals surface area contributed by atoms with Crippen LogP contribution in [0.3, 0.4) is 0 Å². The topological polar surface area (TPSA) is 69.1 Å². The van der Waals surface area contributed by atoms with Gasteiger partial charge in [0.2, 0.25) is 5.91 Å². The predicted octanol–water partition coefficient (Wildman–Crippen LogP) is 3.02. The molecule has 0 bridgehead atoms. The van der Waals surface area contributed by atoms with E-state index in [1.54, 1.807) is 12.1 Å². The van der Waals surface area contributed by atoms with Gasteiger partial charge >= 0.3 is 0 Å². The lowest BCUT2D eigenvalue weighted by Crippen LogP contribution is -2.57. The molecule has 4 rings (SSSR count). The van der Waals surface area contributed by atoms with Gasteiger partial charge in [0.1, 0.15) is 18.0 Å². The summed E-state index contributed by atoms with van der Waals surface area (Å²) in [6, 6.07) is 9.60. The fourth-order valence-corrected chi connectivity index (χ4v) is 4.54. The lowest BCUT2D eigenvalue weighted by molar-refractivity contribution is -0.159. The van der Waals surface area contributed by atoms with Crippen molar-refractivity contribution in [2.75, 3.05) is 52.6 Å². The summed E-state index contributed by atoms with van der Waals surface area (Å²) in [5, 5.41) is 5.11. The van der Waals surface area contributed by atoms with Crippen LogP contribution < -0.4 is 4.74 Å². The van der Waals surface area contributed by atoms with Gasteiger partial charge in [0.05, 0.1) is 31.9 Å². The van der Waals surface area contributed by atoms with Gasteiger partial charge in [0.25, 0.3) is 0 Å². The van der Waals surface area contributed by atoms with Crippen molar-refractivity contribution in [3.8, 4) is 5.75 Å². The molecule has 1 aromatic carbocycles. The van der Waals surface area contributed by atoms with Crippen LogP contribution in [0, 0.1) is 0 Å². The molecule has 2 saturated heterocycles.